The summed E-state index contributed by atoms with van der Waals surface area (Å²) in [5.41, 5.74) is 1.87. The first-order valence-electron chi connectivity index (χ1n) is 9.43. The first-order chi connectivity index (χ1) is 13.8. The number of hydrogen-bond acceptors (Lipinski definition) is 3. The van der Waals surface area contributed by atoms with E-state index < -0.39 is 6.04 Å². The van der Waals surface area contributed by atoms with E-state index in [9.17, 15) is 9.59 Å². The minimum Gasteiger partial charge on any atom is -0.352 e. The lowest BCUT2D eigenvalue weighted by Gasteiger charge is -2.29. The summed E-state index contributed by atoms with van der Waals surface area (Å²) in [5, 5.41) is 4.13. The smallest absolute Gasteiger partial charge is 0.242 e. The number of halogens is 2. The average Bonchev–Trinajstić information content (AvgIpc) is 2.66. The van der Waals surface area contributed by atoms with Gasteiger partial charge in [-0.3, -0.25) is 9.59 Å². The summed E-state index contributed by atoms with van der Waals surface area (Å²) in [4.78, 5) is 27.1. The van der Waals surface area contributed by atoms with Gasteiger partial charge in [0, 0.05) is 28.4 Å². The van der Waals surface area contributed by atoms with Crippen molar-refractivity contribution in [2.24, 2.45) is 0 Å². The van der Waals surface area contributed by atoms with E-state index in [1.54, 1.807) is 17.9 Å². The molecule has 0 aliphatic carbocycles. The van der Waals surface area contributed by atoms with Gasteiger partial charge >= 0.3 is 0 Å². The third-order valence-electron chi connectivity index (χ3n) is 4.28. The van der Waals surface area contributed by atoms with Crippen molar-refractivity contribution in [3.05, 3.63) is 69.7 Å². The standard InChI is InChI=1S/C22H26Cl2N2O2S/c1-15(2)25-22(28)16(3)26(12-18-8-4-5-10-20(18)24)21(27)14-29-13-17-7-6-9-19(23)11-17/h4-11,15-16H,12-14H2,1-3H3,(H,25,28). The number of nitrogens with one attached hydrogen (secondary N) is 1. The molecular formula is C22H26Cl2N2O2S. The molecule has 156 valence electrons. The highest BCUT2D eigenvalue weighted by atomic mass is 35.5. The fourth-order valence-electron chi connectivity index (χ4n) is 2.76. The second kappa shape index (κ2) is 11.5. The summed E-state index contributed by atoms with van der Waals surface area (Å²) in [6.45, 7) is 5.81. The number of carbonyl (C=O) groups excluding carboxylic acids is 2. The Kier molecular flexibility index (Phi) is 9.34. The Morgan fingerprint density at radius 1 is 1.07 bits per heavy atom. The van der Waals surface area contributed by atoms with E-state index in [2.05, 4.69) is 5.32 Å². The molecule has 0 bridgehead atoms. The van der Waals surface area contributed by atoms with E-state index in [0.29, 0.717) is 15.8 Å². The summed E-state index contributed by atoms with van der Waals surface area (Å²) in [5.74, 6) is 0.637. The van der Waals surface area contributed by atoms with Crippen LogP contribution in [0.1, 0.15) is 31.9 Å². The number of hydrogen-bond donors (Lipinski definition) is 1. The highest BCUT2D eigenvalue weighted by Gasteiger charge is 2.26. The van der Waals surface area contributed by atoms with Crippen LogP contribution in [-0.4, -0.2) is 34.6 Å². The van der Waals surface area contributed by atoms with Gasteiger partial charge in [0.15, 0.2) is 0 Å². The van der Waals surface area contributed by atoms with Crippen molar-refractivity contribution < 1.29 is 9.59 Å². The summed E-state index contributed by atoms with van der Waals surface area (Å²) in [6, 6.07) is 14.3. The van der Waals surface area contributed by atoms with Gasteiger partial charge in [-0.1, -0.05) is 53.5 Å². The normalized spacial score (nSPS) is 11.9. The molecule has 0 radical (unpaired) electrons. The lowest BCUT2D eigenvalue weighted by Crippen LogP contribution is -2.49. The molecule has 2 rings (SSSR count). The molecule has 2 aromatic rings. The van der Waals surface area contributed by atoms with Gasteiger partial charge in [-0.2, -0.15) is 0 Å². The number of thioether (sulfide) groups is 1. The molecule has 29 heavy (non-hydrogen) atoms. The Morgan fingerprint density at radius 2 is 1.79 bits per heavy atom. The van der Waals surface area contributed by atoms with Crippen molar-refractivity contribution in [1.82, 2.24) is 10.2 Å². The molecule has 0 aliphatic heterocycles. The van der Waals surface area contributed by atoms with E-state index in [1.165, 1.54) is 11.8 Å². The maximum atomic E-state index is 13.0. The van der Waals surface area contributed by atoms with Gasteiger partial charge in [0.1, 0.15) is 6.04 Å². The predicted molar refractivity (Wildman–Crippen MR) is 122 cm³/mol. The molecular weight excluding hydrogens is 427 g/mol. The van der Waals surface area contributed by atoms with Crippen molar-refractivity contribution >= 4 is 46.8 Å². The average molecular weight is 453 g/mol. The van der Waals surface area contributed by atoms with Crippen LogP contribution >= 0.6 is 35.0 Å². The van der Waals surface area contributed by atoms with Crippen LogP contribution in [0.3, 0.4) is 0 Å². The Bertz CT molecular complexity index is 845. The molecule has 1 unspecified atom stereocenters. The minimum absolute atomic E-state index is 0.000538. The SMILES string of the molecule is CC(C)NC(=O)C(C)N(Cc1ccccc1Cl)C(=O)CSCc1cccc(Cl)c1. The van der Waals surface area contributed by atoms with Crippen LogP contribution in [0.15, 0.2) is 48.5 Å². The number of carbonyl (C=O) groups is 2. The topological polar surface area (TPSA) is 49.4 Å². The number of nitrogens with zero attached hydrogens (tertiary/aromatic N) is 1. The molecule has 0 spiro atoms. The monoisotopic (exact) mass is 452 g/mol. The third-order valence-corrected chi connectivity index (χ3v) is 5.87. The molecule has 7 heteroatoms. The van der Waals surface area contributed by atoms with Crippen molar-refractivity contribution in [2.75, 3.05) is 5.75 Å². The Hall–Kier alpha value is -1.69. The quantitative estimate of drug-likeness (QED) is 0.570. The summed E-state index contributed by atoms with van der Waals surface area (Å²) in [7, 11) is 0. The maximum absolute atomic E-state index is 13.0. The van der Waals surface area contributed by atoms with Gasteiger partial charge < -0.3 is 10.2 Å². The van der Waals surface area contributed by atoms with Gasteiger partial charge in [-0.25, -0.2) is 0 Å². The Morgan fingerprint density at radius 3 is 2.45 bits per heavy atom. The van der Waals surface area contributed by atoms with E-state index in [-0.39, 0.29) is 30.2 Å². The fraction of sp³-hybridized carbons (Fsp3) is 0.364. The largest absolute Gasteiger partial charge is 0.352 e. The molecule has 0 aromatic heterocycles. The zero-order chi connectivity index (χ0) is 21.4. The summed E-state index contributed by atoms with van der Waals surface area (Å²) in [6.07, 6.45) is 0. The summed E-state index contributed by atoms with van der Waals surface area (Å²) < 4.78 is 0. The number of benzene rings is 2. The van der Waals surface area contributed by atoms with Crippen LogP contribution in [0.5, 0.6) is 0 Å². The minimum atomic E-state index is -0.604. The van der Waals surface area contributed by atoms with E-state index in [0.717, 1.165) is 11.1 Å². The maximum Gasteiger partial charge on any atom is 0.242 e. The van der Waals surface area contributed by atoms with Gasteiger partial charge in [-0.05, 0) is 50.1 Å². The second-order valence-corrected chi connectivity index (χ2v) is 8.90. The predicted octanol–water partition coefficient (Wildman–Crippen LogP) is 5.17. The van der Waals surface area contributed by atoms with Gasteiger partial charge in [0.2, 0.25) is 11.8 Å². The van der Waals surface area contributed by atoms with E-state index in [1.807, 2.05) is 56.3 Å². The Labute approximate surface area is 187 Å². The zero-order valence-corrected chi connectivity index (χ0v) is 19.2. The first-order valence-corrected chi connectivity index (χ1v) is 11.3. The molecule has 1 atom stereocenters. The van der Waals surface area contributed by atoms with Crippen LogP contribution < -0.4 is 5.32 Å². The molecule has 0 aliphatic rings. The van der Waals surface area contributed by atoms with E-state index >= 15 is 0 Å². The van der Waals surface area contributed by atoms with Crippen LogP contribution in [0.4, 0.5) is 0 Å². The van der Waals surface area contributed by atoms with Crippen molar-refractivity contribution in [3.8, 4) is 0 Å². The molecule has 2 amide bonds. The van der Waals surface area contributed by atoms with Gasteiger partial charge in [0.05, 0.1) is 5.75 Å². The van der Waals surface area contributed by atoms with E-state index in [4.69, 9.17) is 23.2 Å². The van der Waals surface area contributed by atoms with Gasteiger partial charge in [0.25, 0.3) is 0 Å². The van der Waals surface area contributed by atoms with Crippen molar-refractivity contribution in [3.63, 3.8) is 0 Å². The van der Waals surface area contributed by atoms with Crippen LogP contribution in [0.2, 0.25) is 10.0 Å². The van der Waals surface area contributed by atoms with Crippen molar-refractivity contribution in [1.29, 1.82) is 0 Å². The molecule has 2 aromatic carbocycles. The molecule has 4 nitrogen and oxygen atoms in total. The molecule has 0 heterocycles. The first kappa shape index (κ1) is 23.6. The number of amides is 2. The highest BCUT2D eigenvalue weighted by Crippen LogP contribution is 2.21. The Balaban J connectivity index is 2.09. The van der Waals surface area contributed by atoms with Crippen molar-refractivity contribution in [2.45, 2.75) is 45.2 Å². The lowest BCUT2D eigenvalue weighted by molar-refractivity contribution is -0.138. The van der Waals surface area contributed by atoms with Crippen LogP contribution in [0, 0.1) is 0 Å². The molecule has 0 saturated heterocycles. The highest BCUT2D eigenvalue weighted by molar-refractivity contribution is 7.99. The summed E-state index contributed by atoms with van der Waals surface area (Å²) >= 11 is 13.8. The van der Waals surface area contributed by atoms with Crippen LogP contribution in [0.25, 0.3) is 0 Å². The van der Waals surface area contributed by atoms with Gasteiger partial charge in [-0.15, -0.1) is 11.8 Å². The third kappa shape index (κ3) is 7.57. The zero-order valence-electron chi connectivity index (χ0n) is 16.8. The second-order valence-electron chi connectivity index (χ2n) is 7.08. The fourth-order valence-corrected chi connectivity index (χ4v) is 4.03. The molecule has 0 fully saturated rings. The lowest BCUT2D eigenvalue weighted by atomic mass is 10.1. The molecule has 1 N–H and O–H groups in total. The molecule has 0 saturated carbocycles. The van der Waals surface area contributed by atoms with Crippen LogP contribution in [-0.2, 0) is 21.9 Å². The number of rotatable bonds is 9.